The number of esters is 3. The van der Waals surface area contributed by atoms with Gasteiger partial charge in [-0.05, 0) is 116 Å². The van der Waals surface area contributed by atoms with Gasteiger partial charge >= 0.3 is 17.9 Å². The summed E-state index contributed by atoms with van der Waals surface area (Å²) in [6.45, 7) is 6.26. The predicted molar refractivity (Wildman–Crippen MR) is 288 cm³/mol. The molecular weight excluding hydrogens is 829 g/mol. The molecule has 0 N–H and O–H groups in total. The zero-order valence-electron chi connectivity index (χ0n) is 42.9. The SMILES string of the molecule is CC/C=C\C/C=C\C/C=C\C/C=C\C/C=C\C/C=C\C/C=C\CCCCCC(=O)OCC(COC(=O)CCCCCCC)OC(=O)CCCCCCCC/C=C\C/C=C\C/C=C\C/C=C\CC. The van der Waals surface area contributed by atoms with Crippen molar-refractivity contribution >= 4 is 17.9 Å². The summed E-state index contributed by atoms with van der Waals surface area (Å²) in [5.74, 6) is -0.972. The van der Waals surface area contributed by atoms with Crippen LogP contribution in [0.1, 0.15) is 213 Å². The van der Waals surface area contributed by atoms with Crippen molar-refractivity contribution in [2.24, 2.45) is 0 Å². The summed E-state index contributed by atoms with van der Waals surface area (Å²) in [5.41, 5.74) is 0. The summed E-state index contributed by atoms with van der Waals surface area (Å²) in [5, 5.41) is 0. The molecule has 0 aromatic rings. The molecule has 0 amide bonds. The third-order valence-electron chi connectivity index (χ3n) is 10.7. The van der Waals surface area contributed by atoms with Crippen molar-refractivity contribution in [2.45, 2.75) is 219 Å². The van der Waals surface area contributed by atoms with Crippen LogP contribution < -0.4 is 0 Å². The van der Waals surface area contributed by atoms with Gasteiger partial charge in [-0.15, -0.1) is 0 Å². The van der Waals surface area contributed by atoms with E-state index in [1.165, 1.54) is 12.8 Å². The van der Waals surface area contributed by atoms with Crippen LogP contribution in [0.4, 0.5) is 0 Å². The molecule has 0 rings (SSSR count). The first kappa shape index (κ1) is 62.5. The van der Waals surface area contributed by atoms with Gasteiger partial charge in [0.05, 0.1) is 0 Å². The number of carbonyl (C=O) groups excluding carboxylic acids is 3. The molecule has 0 aliphatic carbocycles. The topological polar surface area (TPSA) is 78.9 Å². The van der Waals surface area contributed by atoms with Crippen molar-refractivity contribution < 1.29 is 28.6 Å². The van der Waals surface area contributed by atoms with E-state index in [4.69, 9.17) is 14.2 Å². The van der Waals surface area contributed by atoms with Crippen LogP contribution in [0.15, 0.2) is 134 Å². The molecule has 0 aliphatic heterocycles. The van der Waals surface area contributed by atoms with Gasteiger partial charge < -0.3 is 14.2 Å². The van der Waals surface area contributed by atoms with E-state index >= 15 is 0 Å². The minimum atomic E-state index is -0.801. The fourth-order valence-corrected chi connectivity index (χ4v) is 6.71. The molecule has 0 saturated heterocycles. The minimum absolute atomic E-state index is 0.100. The number of carbonyl (C=O) groups is 3. The summed E-state index contributed by atoms with van der Waals surface area (Å²) in [4.78, 5) is 37.7. The van der Waals surface area contributed by atoms with Crippen LogP contribution >= 0.6 is 0 Å². The van der Waals surface area contributed by atoms with E-state index in [-0.39, 0.29) is 31.1 Å². The van der Waals surface area contributed by atoms with Crippen molar-refractivity contribution in [3.63, 3.8) is 0 Å². The molecule has 0 aromatic carbocycles. The van der Waals surface area contributed by atoms with Gasteiger partial charge in [-0.25, -0.2) is 0 Å². The van der Waals surface area contributed by atoms with E-state index in [1.807, 2.05) is 0 Å². The van der Waals surface area contributed by atoms with Gasteiger partial charge in [-0.1, -0.05) is 212 Å². The van der Waals surface area contributed by atoms with E-state index in [9.17, 15) is 14.4 Å². The normalized spacial score (nSPS) is 13.2. The first-order chi connectivity index (χ1) is 33.0. The molecule has 6 heteroatoms. The van der Waals surface area contributed by atoms with E-state index in [2.05, 4.69) is 154 Å². The Hall–Kier alpha value is -4.45. The van der Waals surface area contributed by atoms with Crippen molar-refractivity contribution in [3.05, 3.63) is 134 Å². The van der Waals surface area contributed by atoms with E-state index in [0.29, 0.717) is 19.3 Å². The zero-order valence-corrected chi connectivity index (χ0v) is 42.9. The van der Waals surface area contributed by atoms with Crippen LogP contribution in [0.2, 0.25) is 0 Å². The molecule has 1 atom stereocenters. The lowest BCUT2D eigenvalue weighted by Gasteiger charge is -2.18. The second-order valence-corrected chi connectivity index (χ2v) is 17.0. The Balaban J connectivity index is 4.27. The summed E-state index contributed by atoms with van der Waals surface area (Å²) < 4.78 is 16.6. The summed E-state index contributed by atoms with van der Waals surface area (Å²) in [6, 6.07) is 0. The van der Waals surface area contributed by atoms with Gasteiger partial charge in [0.2, 0.25) is 0 Å². The highest BCUT2D eigenvalue weighted by Crippen LogP contribution is 2.12. The molecule has 0 aliphatic rings. The number of allylic oxidation sites excluding steroid dienone is 22. The van der Waals surface area contributed by atoms with Crippen LogP contribution in [0.5, 0.6) is 0 Å². The second kappa shape index (κ2) is 54.2. The van der Waals surface area contributed by atoms with E-state index in [0.717, 1.165) is 161 Å². The molecule has 1 unspecified atom stereocenters. The number of rotatable bonds is 46. The summed E-state index contributed by atoms with van der Waals surface area (Å²) in [6.07, 6.45) is 76.2. The van der Waals surface area contributed by atoms with Gasteiger partial charge in [-0.2, -0.15) is 0 Å². The van der Waals surface area contributed by atoms with Gasteiger partial charge in [0, 0.05) is 19.3 Å². The molecular formula is C61H96O6. The smallest absolute Gasteiger partial charge is 0.306 e. The van der Waals surface area contributed by atoms with E-state index in [1.54, 1.807) is 0 Å². The number of hydrogen-bond donors (Lipinski definition) is 0. The molecule has 0 bridgehead atoms. The molecule has 0 spiro atoms. The third-order valence-corrected chi connectivity index (χ3v) is 10.7. The van der Waals surface area contributed by atoms with Gasteiger partial charge in [0.15, 0.2) is 6.10 Å². The van der Waals surface area contributed by atoms with Crippen molar-refractivity contribution in [1.82, 2.24) is 0 Å². The maximum Gasteiger partial charge on any atom is 0.306 e. The molecule has 67 heavy (non-hydrogen) atoms. The Bertz CT molecular complexity index is 1480. The first-order valence-corrected chi connectivity index (χ1v) is 26.7. The Labute approximate surface area is 411 Å². The Morgan fingerprint density at radius 3 is 0.925 bits per heavy atom. The molecule has 0 heterocycles. The Morgan fingerprint density at radius 1 is 0.313 bits per heavy atom. The maximum absolute atomic E-state index is 12.8. The highest BCUT2D eigenvalue weighted by Gasteiger charge is 2.19. The van der Waals surface area contributed by atoms with Crippen LogP contribution in [-0.4, -0.2) is 37.2 Å². The predicted octanol–water partition coefficient (Wildman–Crippen LogP) is 17.9. The molecule has 376 valence electrons. The van der Waals surface area contributed by atoms with Crippen molar-refractivity contribution in [2.75, 3.05) is 13.2 Å². The molecule has 0 radical (unpaired) electrons. The second-order valence-electron chi connectivity index (χ2n) is 17.0. The highest BCUT2D eigenvalue weighted by molar-refractivity contribution is 5.71. The third kappa shape index (κ3) is 52.4. The van der Waals surface area contributed by atoms with Crippen LogP contribution in [0, 0.1) is 0 Å². The molecule has 6 nitrogen and oxygen atoms in total. The highest BCUT2D eigenvalue weighted by atomic mass is 16.6. The van der Waals surface area contributed by atoms with Crippen molar-refractivity contribution in [1.29, 1.82) is 0 Å². The average Bonchev–Trinajstić information content (AvgIpc) is 3.33. The number of unbranched alkanes of at least 4 members (excludes halogenated alkanes) is 13. The standard InChI is InChI=1S/C61H96O6/c1-4-7-10-13-15-17-19-21-23-25-27-28-29-30-31-32-34-35-37-39-41-43-45-48-51-54-60(63)66-57-58(56-65-59(62)53-50-47-12-9-6-3)67-61(64)55-52-49-46-44-42-40-38-36-33-26-24-22-20-18-16-14-11-8-5-2/h7-8,10-11,15-18,21-24,27-28,30-31,33-36,39,41,58H,4-6,9,12-14,19-20,25-26,29,32,37-38,40,42-57H2,1-3H3/b10-7-,11-8-,17-15-,18-16-,23-21-,24-22-,28-27-,31-30-,35-34-,36-33-,41-39-. The molecule has 0 fully saturated rings. The summed E-state index contributed by atoms with van der Waals surface area (Å²) in [7, 11) is 0. The zero-order chi connectivity index (χ0) is 48.6. The minimum Gasteiger partial charge on any atom is -0.462 e. The maximum atomic E-state index is 12.8. The average molecular weight is 925 g/mol. The fourth-order valence-electron chi connectivity index (χ4n) is 6.71. The molecule has 0 saturated carbocycles. The summed E-state index contributed by atoms with van der Waals surface area (Å²) >= 11 is 0. The molecule has 0 aromatic heterocycles. The Kier molecular flexibility index (Phi) is 50.6. The van der Waals surface area contributed by atoms with Crippen molar-refractivity contribution in [3.8, 4) is 0 Å². The quantitative estimate of drug-likeness (QED) is 0.0262. The lowest BCUT2D eigenvalue weighted by atomic mass is 10.1. The van der Waals surface area contributed by atoms with Crippen LogP contribution in [0.25, 0.3) is 0 Å². The van der Waals surface area contributed by atoms with Crippen LogP contribution in [-0.2, 0) is 28.6 Å². The van der Waals surface area contributed by atoms with Gasteiger partial charge in [0.1, 0.15) is 13.2 Å². The van der Waals surface area contributed by atoms with Gasteiger partial charge in [0.25, 0.3) is 0 Å². The number of ether oxygens (including phenoxy) is 3. The first-order valence-electron chi connectivity index (χ1n) is 26.7. The van der Waals surface area contributed by atoms with Crippen LogP contribution in [0.3, 0.4) is 0 Å². The lowest BCUT2D eigenvalue weighted by molar-refractivity contribution is -0.167. The van der Waals surface area contributed by atoms with Gasteiger partial charge in [-0.3, -0.25) is 14.4 Å². The Morgan fingerprint density at radius 2 is 0.582 bits per heavy atom. The largest absolute Gasteiger partial charge is 0.462 e. The number of hydrogen-bond acceptors (Lipinski definition) is 6. The van der Waals surface area contributed by atoms with E-state index < -0.39 is 6.10 Å². The monoisotopic (exact) mass is 925 g/mol. The fraction of sp³-hybridized carbons (Fsp3) is 0.590. The lowest BCUT2D eigenvalue weighted by Crippen LogP contribution is -2.30.